The Morgan fingerprint density at radius 1 is 1.33 bits per heavy atom. The van der Waals surface area contributed by atoms with Crippen molar-refractivity contribution in [1.82, 2.24) is 14.9 Å². The zero-order valence-electron chi connectivity index (χ0n) is 18.9. The lowest BCUT2D eigenvalue weighted by atomic mass is 9.87. The molecule has 1 aromatic carbocycles. The fraction of sp³-hybridized carbons (Fsp3) is 0.500. The summed E-state index contributed by atoms with van der Waals surface area (Å²) in [6.45, 7) is 9.34. The fourth-order valence-corrected chi connectivity index (χ4v) is 4.14. The molecule has 0 amide bonds. The maximum absolute atomic E-state index is 15.2. The van der Waals surface area contributed by atoms with Crippen molar-refractivity contribution < 1.29 is 17.9 Å². The fourth-order valence-electron chi connectivity index (χ4n) is 3.92. The summed E-state index contributed by atoms with van der Waals surface area (Å²) in [5.74, 6) is -0.498. The number of ether oxygens (including phenoxy) is 1. The third-order valence-corrected chi connectivity index (χ3v) is 6.03. The van der Waals surface area contributed by atoms with Crippen LogP contribution in [0.3, 0.4) is 0 Å². The number of nitrogens with two attached hydrogens (primary N) is 1. The van der Waals surface area contributed by atoms with E-state index in [4.69, 9.17) is 27.5 Å². The highest BCUT2D eigenvalue weighted by Crippen LogP contribution is 2.43. The number of hydrogen-bond acceptors (Lipinski definition) is 7. The summed E-state index contributed by atoms with van der Waals surface area (Å²) in [4.78, 5) is 9.95. The molecule has 33 heavy (non-hydrogen) atoms. The van der Waals surface area contributed by atoms with Crippen LogP contribution < -0.4 is 15.8 Å². The lowest BCUT2D eigenvalue weighted by Crippen LogP contribution is -2.49. The number of alkyl halides is 2. The smallest absolute Gasteiger partial charge is 0.280 e. The molecule has 0 saturated carbocycles. The van der Waals surface area contributed by atoms with Crippen LogP contribution in [0.25, 0.3) is 0 Å². The molecule has 1 aliphatic rings. The highest BCUT2D eigenvalue weighted by molar-refractivity contribution is 6.31. The molecule has 1 aliphatic heterocycles. The summed E-state index contributed by atoms with van der Waals surface area (Å²) in [6.07, 6.45) is -1.93. The Bertz CT molecular complexity index is 1030. The molecule has 4 N–H and O–H groups in total. The van der Waals surface area contributed by atoms with Gasteiger partial charge in [0.25, 0.3) is 6.43 Å². The topological polar surface area (TPSA) is 100 Å². The number of anilines is 2. The zero-order chi connectivity index (χ0) is 24.4. The second-order valence-corrected chi connectivity index (χ2v) is 8.65. The Labute approximate surface area is 196 Å². The largest absolute Gasteiger partial charge is 0.493 e. The van der Waals surface area contributed by atoms with Crippen LogP contribution in [0.5, 0.6) is 5.75 Å². The summed E-state index contributed by atoms with van der Waals surface area (Å²) in [6, 6.07) is 1.22. The number of nitrogens with zero attached hydrogens (tertiary/aromatic N) is 3. The van der Waals surface area contributed by atoms with E-state index in [-0.39, 0.29) is 28.1 Å². The van der Waals surface area contributed by atoms with Crippen molar-refractivity contribution in [1.29, 1.82) is 5.41 Å². The Balaban J connectivity index is 2.02. The first-order valence-electron chi connectivity index (χ1n) is 10.7. The van der Waals surface area contributed by atoms with Gasteiger partial charge in [0.2, 0.25) is 0 Å². The molecule has 180 valence electrons. The molecule has 1 saturated heterocycles. The van der Waals surface area contributed by atoms with Gasteiger partial charge in [-0.3, -0.25) is 10.3 Å². The molecule has 7 nitrogen and oxygen atoms in total. The number of benzene rings is 1. The van der Waals surface area contributed by atoms with Crippen molar-refractivity contribution in [3.63, 3.8) is 0 Å². The lowest BCUT2D eigenvalue weighted by Gasteiger charge is -2.43. The molecule has 11 heteroatoms. The van der Waals surface area contributed by atoms with E-state index in [2.05, 4.69) is 34.0 Å². The van der Waals surface area contributed by atoms with Gasteiger partial charge in [-0.2, -0.15) is 0 Å². The molecule has 1 fully saturated rings. The van der Waals surface area contributed by atoms with E-state index in [1.165, 1.54) is 6.07 Å². The molecule has 3 rings (SSSR count). The van der Waals surface area contributed by atoms with Crippen LogP contribution >= 0.6 is 11.6 Å². The summed E-state index contributed by atoms with van der Waals surface area (Å²) >= 11 is 6.26. The molecule has 0 aliphatic carbocycles. The zero-order valence-corrected chi connectivity index (χ0v) is 19.7. The average Bonchev–Trinajstić information content (AvgIpc) is 2.70. The van der Waals surface area contributed by atoms with Crippen LogP contribution in [0.15, 0.2) is 12.4 Å². The quantitative estimate of drug-likeness (QED) is 0.439. The minimum absolute atomic E-state index is 0.0284. The van der Waals surface area contributed by atoms with E-state index >= 15 is 4.39 Å². The average molecular weight is 485 g/mol. The molecule has 1 atom stereocenters. The highest BCUT2D eigenvalue weighted by atomic mass is 35.5. The Morgan fingerprint density at radius 2 is 2.00 bits per heavy atom. The van der Waals surface area contributed by atoms with Gasteiger partial charge < -0.3 is 15.8 Å². The number of rotatable bonds is 9. The van der Waals surface area contributed by atoms with Crippen LogP contribution in [-0.4, -0.2) is 52.7 Å². The summed E-state index contributed by atoms with van der Waals surface area (Å²) in [7, 11) is 0. The van der Waals surface area contributed by atoms with Gasteiger partial charge in [0.1, 0.15) is 35.2 Å². The monoisotopic (exact) mass is 484 g/mol. The van der Waals surface area contributed by atoms with E-state index in [9.17, 15) is 8.78 Å². The molecule has 2 aromatic rings. The van der Waals surface area contributed by atoms with Crippen LogP contribution in [0, 0.1) is 11.2 Å². The molecule has 0 bridgehead atoms. The predicted molar refractivity (Wildman–Crippen MR) is 123 cm³/mol. The molecule has 0 radical (unpaired) electrons. The Hall–Kier alpha value is -2.59. The highest BCUT2D eigenvalue weighted by Gasteiger charge is 2.36. The van der Waals surface area contributed by atoms with Crippen molar-refractivity contribution in [2.24, 2.45) is 0 Å². The standard InChI is InChI=1S/C22H28ClF3N6O/c1-5-33-19-13(6-14(23)17(24)15(19)12-7-32(8-12)10(2)3)11(4)31-22-16(18(27)20(25)26)21(28)29-9-30-22/h6,9-12,20,27H,5,7-8H2,1-4H3,(H3,28,29,30,31). The van der Waals surface area contributed by atoms with E-state index in [1.54, 1.807) is 13.8 Å². The van der Waals surface area contributed by atoms with Gasteiger partial charge in [-0.1, -0.05) is 11.6 Å². The van der Waals surface area contributed by atoms with E-state index in [0.29, 0.717) is 42.6 Å². The maximum Gasteiger partial charge on any atom is 0.280 e. The third kappa shape index (κ3) is 5.01. The first-order chi connectivity index (χ1) is 15.6. The molecule has 2 heterocycles. The van der Waals surface area contributed by atoms with Gasteiger partial charge in [0, 0.05) is 36.2 Å². The minimum atomic E-state index is -3.05. The van der Waals surface area contributed by atoms with Gasteiger partial charge in [0.05, 0.1) is 23.2 Å². The van der Waals surface area contributed by atoms with Crippen molar-refractivity contribution >= 4 is 28.9 Å². The predicted octanol–water partition coefficient (Wildman–Crippen LogP) is 4.86. The number of aromatic nitrogens is 2. The Kier molecular flexibility index (Phi) is 7.69. The van der Waals surface area contributed by atoms with E-state index in [1.807, 2.05) is 0 Å². The van der Waals surface area contributed by atoms with E-state index < -0.39 is 24.0 Å². The maximum atomic E-state index is 15.2. The molecule has 0 spiro atoms. The second kappa shape index (κ2) is 10.1. The second-order valence-electron chi connectivity index (χ2n) is 8.24. The Morgan fingerprint density at radius 3 is 2.58 bits per heavy atom. The van der Waals surface area contributed by atoms with Gasteiger partial charge in [0.15, 0.2) is 0 Å². The number of likely N-dealkylation sites (tertiary alicyclic amines) is 1. The van der Waals surface area contributed by atoms with Crippen molar-refractivity contribution in [3.8, 4) is 5.75 Å². The van der Waals surface area contributed by atoms with Crippen LogP contribution in [-0.2, 0) is 0 Å². The third-order valence-electron chi connectivity index (χ3n) is 5.76. The number of hydrogen-bond donors (Lipinski definition) is 3. The molecular formula is C22H28ClF3N6O. The lowest BCUT2D eigenvalue weighted by molar-refractivity contribution is 0.106. The molecular weight excluding hydrogens is 457 g/mol. The number of nitrogen functional groups attached to an aromatic ring is 1. The SMILES string of the molecule is CCOc1c(C(C)Nc2ncnc(N)c2C(=N)C(F)F)cc(Cl)c(F)c1C1CN(C(C)C)C1. The first kappa shape index (κ1) is 25.0. The summed E-state index contributed by atoms with van der Waals surface area (Å²) < 4.78 is 47.5. The normalized spacial score (nSPS) is 15.6. The first-order valence-corrected chi connectivity index (χ1v) is 11.1. The van der Waals surface area contributed by atoms with Crippen LogP contribution in [0.4, 0.5) is 24.8 Å². The van der Waals surface area contributed by atoms with Gasteiger partial charge >= 0.3 is 0 Å². The van der Waals surface area contributed by atoms with E-state index in [0.717, 1.165) is 6.33 Å². The van der Waals surface area contributed by atoms with Crippen molar-refractivity contribution in [2.45, 2.75) is 52.1 Å². The number of nitrogens with one attached hydrogen (secondary N) is 2. The van der Waals surface area contributed by atoms with Gasteiger partial charge in [-0.25, -0.2) is 23.1 Å². The number of halogens is 4. The summed E-state index contributed by atoms with van der Waals surface area (Å²) in [5.41, 5.74) is 5.44. The summed E-state index contributed by atoms with van der Waals surface area (Å²) in [5, 5.41) is 10.7. The molecule has 1 unspecified atom stereocenters. The minimum Gasteiger partial charge on any atom is -0.493 e. The van der Waals surface area contributed by atoms with Crippen LogP contribution in [0.1, 0.15) is 56.3 Å². The van der Waals surface area contributed by atoms with Crippen molar-refractivity contribution in [3.05, 3.63) is 39.9 Å². The van der Waals surface area contributed by atoms with Gasteiger partial charge in [-0.05, 0) is 33.8 Å². The van der Waals surface area contributed by atoms with Crippen molar-refractivity contribution in [2.75, 3.05) is 30.7 Å². The molecule has 1 aromatic heterocycles. The van der Waals surface area contributed by atoms with Crippen LogP contribution in [0.2, 0.25) is 5.02 Å². The van der Waals surface area contributed by atoms with Gasteiger partial charge in [-0.15, -0.1) is 0 Å².